The van der Waals surface area contributed by atoms with Gasteiger partial charge < -0.3 is 15.7 Å². The van der Waals surface area contributed by atoms with E-state index in [0.29, 0.717) is 16.7 Å². The number of aryl methyl sites for hydroxylation is 1. The molecule has 1 aliphatic rings. The van der Waals surface area contributed by atoms with Gasteiger partial charge in [0.1, 0.15) is 17.3 Å². The van der Waals surface area contributed by atoms with Crippen molar-refractivity contribution in [2.24, 2.45) is 5.73 Å². The summed E-state index contributed by atoms with van der Waals surface area (Å²) >= 11 is 0. The summed E-state index contributed by atoms with van der Waals surface area (Å²) in [6.07, 6.45) is 3.54. The zero-order chi connectivity index (χ0) is 17.6. The molecule has 0 amide bonds. The average Bonchev–Trinajstić information content (AvgIpc) is 2.99. The number of hydrogen-bond donors (Lipinski definition) is 3. The number of aromatic nitrogens is 4. The summed E-state index contributed by atoms with van der Waals surface area (Å²) in [6.45, 7) is 5.66. The van der Waals surface area contributed by atoms with E-state index in [2.05, 4.69) is 32.0 Å². The van der Waals surface area contributed by atoms with Gasteiger partial charge in [0.05, 0.1) is 5.39 Å². The van der Waals surface area contributed by atoms with Gasteiger partial charge in [-0.3, -0.25) is 10.1 Å². The Morgan fingerprint density at radius 3 is 2.76 bits per heavy atom. The second kappa shape index (κ2) is 5.70. The monoisotopic (exact) mass is 338 g/mol. The summed E-state index contributed by atoms with van der Waals surface area (Å²) < 4.78 is 0. The first kappa shape index (κ1) is 15.8. The van der Waals surface area contributed by atoms with Crippen molar-refractivity contribution >= 4 is 16.9 Å². The fourth-order valence-electron chi connectivity index (χ4n) is 3.31. The topological polar surface area (TPSA) is 104 Å². The number of pyridine rings is 2. The summed E-state index contributed by atoms with van der Waals surface area (Å²) in [7, 11) is 0. The molecule has 0 bridgehead atoms. The van der Waals surface area contributed by atoms with E-state index < -0.39 is 0 Å². The summed E-state index contributed by atoms with van der Waals surface area (Å²) in [5, 5.41) is 18.6. The standard InChI is InChI=1S/C18H22N6O/c1-11-9-12(3-6-20-11)16-15-13(25)10-14(21-17(15)23-22-16)24-7-4-18(2,19)5-8-24/h3,6,9-10H,4-5,7-8,19H2,1-2H3,(H2,21,22,23,25). The number of hydrogen-bond acceptors (Lipinski definition) is 6. The number of piperidine rings is 1. The predicted molar refractivity (Wildman–Crippen MR) is 97.6 cm³/mol. The highest BCUT2D eigenvalue weighted by Crippen LogP contribution is 2.35. The van der Waals surface area contributed by atoms with Crippen LogP contribution in [0.1, 0.15) is 25.5 Å². The quantitative estimate of drug-likeness (QED) is 0.662. The smallest absolute Gasteiger partial charge is 0.161 e. The molecular weight excluding hydrogens is 316 g/mol. The molecule has 0 saturated carbocycles. The lowest BCUT2D eigenvalue weighted by Crippen LogP contribution is -2.48. The minimum Gasteiger partial charge on any atom is -0.507 e. The van der Waals surface area contributed by atoms with Crippen LogP contribution < -0.4 is 10.6 Å². The van der Waals surface area contributed by atoms with Crippen LogP contribution in [-0.4, -0.2) is 43.9 Å². The predicted octanol–water partition coefficient (Wildman–Crippen LogP) is 2.35. The summed E-state index contributed by atoms with van der Waals surface area (Å²) in [5.74, 6) is 0.931. The highest BCUT2D eigenvalue weighted by atomic mass is 16.3. The van der Waals surface area contributed by atoms with E-state index in [1.165, 1.54) is 0 Å². The van der Waals surface area contributed by atoms with Crippen molar-refractivity contribution in [1.82, 2.24) is 20.2 Å². The minimum absolute atomic E-state index is 0.122. The van der Waals surface area contributed by atoms with Gasteiger partial charge in [-0.1, -0.05) is 0 Å². The van der Waals surface area contributed by atoms with Gasteiger partial charge in [-0.25, -0.2) is 4.98 Å². The van der Waals surface area contributed by atoms with Crippen molar-refractivity contribution in [3.63, 3.8) is 0 Å². The van der Waals surface area contributed by atoms with Crippen molar-refractivity contribution in [2.75, 3.05) is 18.0 Å². The van der Waals surface area contributed by atoms with Crippen LogP contribution in [0.25, 0.3) is 22.3 Å². The highest BCUT2D eigenvalue weighted by molar-refractivity contribution is 5.96. The van der Waals surface area contributed by atoms with Crippen LogP contribution in [0.2, 0.25) is 0 Å². The molecule has 0 atom stereocenters. The lowest BCUT2D eigenvalue weighted by molar-refractivity contribution is 0.363. The zero-order valence-electron chi connectivity index (χ0n) is 14.5. The molecule has 7 heteroatoms. The number of aromatic hydroxyl groups is 1. The van der Waals surface area contributed by atoms with Crippen LogP contribution >= 0.6 is 0 Å². The fraction of sp³-hybridized carbons (Fsp3) is 0.389. The van der Waals surface area contributed by atoms with Gasteiger partial charge in [-0.2, -0.15) is 5.10 Å². The largest absolute Gasteiger partial charge is 0.507 e. The average molecular weight is 338 g/mol. The minimum atomic E-state index is -0.122. The van der Waals surface area contributed by atoms with E-state index in [4.69, 9.17) is 5.73 Å². The number of nitrogens with two attached hydrogens (primary N) is 1. The molecular formula is C18H22N6O. The van der Waals surface area contributed by atoms with E-state index in [1.807, 2.05) is 19.1 Å². The van der Waals surface area contributed by atoms with Crippen LogP contribution in [-0.2, 0) is 0 Å². The number of rotatable bonds is 2. The molecule has 0 aromatic carbocycles. The Bertz CT molecular complexity index is 922. The molecule has 1 aliphatic heterocycles. The van der Waals surface area contributed by atoms with Crippen LogP contribution in [0.15, 0.2) is 24.4 Å². The summed E-state index contributed by atoms with van der Waals surface area (Å²) in [4.78, 5) is 11.0. The summed E-state index contributed by atoms with van der Waals surface area (Å²) in [5.41, 5.74) is 9.15. The van der Waals surface area contributed by atoms with E-state index in [0.717, 1.165) is 43.0 Å². The zero-order valence-corrected chi connectivity index (χ0v) is 14.5. The summed E-state index contributed by atoms with van der Waals surface area (Å²) in [6, 6.07) is 5.53. The van der Waals surface area contributed by atoms with Gasteiger partial charge >= 0.3 is 0 Å². The van der Waals surface area contributed by atoms with Gasteiger partial charge in [-0.15, -0.1) is 0 Å². The maximum Gasteiger partial charge on any atom is 0.161 e. The lowest BCUT2D eigenvalue weighted by Gasteiger charge is -2.37. The molecule has 0 unspecified atom stereocenters. The lowest BCUT2D eigenvalue weighted by atomic mass is 9.91. The molecule has 4 rings (SSSR count). The van der Waals surface area contributed by atoms with E-state index in [1.54, 1.807) is 12.3 Å². The molecule has 3 aromatic heterocycles. The number of anilines is 1. The van der Waals surface area contributed by atoms with Gasteiger partial charge in [0.15, 0.2) is 5.65 Å². The van der Waals surface area contributed by atoms with E-state index >= 15 is 0 Å². The Hall–Kier alpha value is -2.67. The number of H-pyrrole nitrogens is 1. The first-order valence-electron chi connectivity index (χ1n) is 8.48. The Kier molecular flexibility index (Phi) is 3.61. The van der Waals surface area contributed by atoms with Crippen LogP contribution in [0.3, 0.4) is 0 Å². The van der Waals surface area contributed by atoms with Gasteiger partial charge in [0.2, 0.25) is 0 Å². The maximum atomic E-state index is 10.6. The SMILES string of the molecule is Cc1cc(-c2n[nH]c3nc(N4CCC(C)(N)CC4)cc(O)c23)ccn1. The second-order valence-corrected chi connectivity index (χ2v) is 7.12. The van der Waals surface area contributed by atoms with Crippen molar-refractivity contribution < 1.29 is 5.11 Å². The molecule has 25 heavy (non-hydrogen) atoms. The van der Waals surface area contributed by atoms with Gasteiger partial charge in [0.25, 0.3) is 0 Å². The maximum absolute atomic E-state index is 10.6. The molecule has 0 spiro atoms. The molecule has 3 aromatic rings. The van der Waals surface area contributed by atoms with Crippen LogP contribution in [0, 0.1) is 6.92 Å². The third-order valence-electron chi connectivity index (χ3n) is 4.90. The molecule has 4 N–H and O–H groups in total. The van der Waals surface area contributed by atoms with Crippen molar-refractivity contribution in [2.45, 2.75) is 32.2 Å². The van der Waals surface area contributed by atoms with Crippen LogP contribution in [0.4, 0.5) is 5.82 Å². The van der Waals surface area contributed by atoms with Crippen LogP contribution in [0.5, 0.6) is 5.75 Å². The normalized spacial score (nSPS) is 17.2. The molecule has 0 aliphatic carbocycles. The van der Waals surface area contributed by atoms with Crippen molar-refractivity contribution in [3.05, 3.63) is 30.1 Å². The molecule has 1 fully saturated rings. The molecule has 0 radical (unpaired) electrons. The van der Waals surface area contributed by atoms with Gasteiger partial charge in [-0.05, 0) is 38.8 Å². The number of aromatic amines is 1. The Balaban J connectivity index is 1.73. The third kappa shape index (κ3) is 2.91. The Morgan fingerprint density at radius 2 is 2.04 bits per heavy atom. The van der Waals surface area contributed by atoms with Gasteiger partial charge in [0, 0.05) is 42.1 Å². The first-order valence-corrected chi connectivity index (χ1v) is 8.48. The fourth-order valence-corrected chi connectivity index (χ4v) is 3.31. The van der Waals surface area contributed by atoms with E-state index in [9.17, 15) is 5.11 Å². The number of nitrogens with zero attached hydrogens (tertiary/aromatic N) is 4. The molecule has 1 saturated heterocycles. The Morgan fingerprint density at radius 1 is 1.28 bits per heavy atom. The molecule has 130 valence electrons. The second-order valence-electron chi connectivity index (χ2n) is 7.12. The highest BCUT2D eigenvalue weighted by Gasteiger charge is 2.27. The van der Waals surface area contributed by atoms with E-state index in [-0.39, 0.29) is 11.3 Å². The number of fused-ring (bicyclic) bond motifs is 1. The van der Waals surface area contributed by atoms with Crippen molar-refractivity contribution in [3.8, 4) is 17.0 Å². The molecule has 4 heterocycles. The molecule has 7 nitrogen and oxygen atoms in total. The van der Waals surface area contributed by atoms with Crippen molar-refractivity contribution in [1.29, 1.82) is 0 Å². The first-order chi connectivity index (χ1) is 11.9. The Labute approximate surface area is 145 Å². The number of nitrogens with one attached hydrogen (secondary N) is 1. The third-order valence-corrected chi connectivity index (χ3v) is 4.90.